The fraction of sp³-hybridized carbons (Fsp3) is 0.275. The Hall–Kier alpha value is -4.35. The molecule has 0 atom stereocenters. The van der Waals surface area contributed by atoms with Crippen LogP contribution in [0.1, 0.15) is 74.6 Å². The Labute approximate surface area is 251 Å². The molecule has 42 heavy (non-hydrogen) atoms. The van der Waals surface area contributed by atoms with E-state index in [4.69, 9.17) is 9.72 Å². The molecule has 0 aliphatic rings. The van der Waals surface area contributed by atoms with E-state index in [1.807, 2.05) is 12.1 Å². The predicted octanol–water partition coefficient (Wildman–Crippen LogP) is 10.4. The molecule has 0 aliphatic heterocycles. The van der Waals surface area contributed by atoms with Crippen LogP contribution in [0.4, 0.5) is 0 Å². The SMILES string of the molecule is CCCCCCc1c(C#Cc2ccccc2)cc(CCCC)c2c(-c3ccccc3)c(-c3cccc(OC)c3)cnc12. The first kappa shape index (κ1) is 29.2. The van der Waals surface area contributed by atoms with Gasteiger partial charge in [-0.2, -0.15) is 0 Å². The summed E-state index contributed by atoms with van der Waals surface area (Å²) in [5, 5.41) is 1.27. The summed E-state index contributed by atoms with van der Waals surface area (Å²) < 4.78 is 5.61. The van der Waals surface area contributed by atoms with E-state index in [2.05, 4.69) is 111 Å². The van der Waals surface area contributed by atoms with E-state index in [0.29, 0.717) is 0 Å². The van der Waals surface area contributed by atoms with Crippen molar-refractivity contribution < 1.29 is 4.74 Å². The quantitative estimate of drug-likeness (QED) is 0.120. The van der Waals surface area contributed by atoms with Gasteiger partial charge < -0.3 is 4.74 Å². The monoisotopic (exact) mass is 551 g/mol. The second kappa shape index (κ2) is 14.5. The number of ether oxygens (including phenoxy) is 1. The molecule has 4 aromatic carbocycles. The summed E-state index contributed by atoms with van der Waals surface area (Å²) in [4.78, 5) is 5.27. The number of unbranched alkanes of at least 4 members (excludes halogenated alkanes) is 4. The van der Waals surface area contributed by atoms with Crippen LogP contribution in [0.5, 0.6) is 5.75 Å². The largest absolute Gasteiger partial charge is 0.497 e. The van der Waals surface area contributed by atoms with E-state index in [1.54, 1.807) is 7.11 Å². The van der Waals surface area contributed by atoms with Crippen molar-refractivity contribution >= 4 is 10.9 Å². The maximum Gasteiger partial charge on any atom is 0.119 e. The molecule has 5 rings (SSSR count). The van der Waals surface area contributed by atoms with E-state index in [-0.39, 0.29) is 0 Å². The van der Waals surface area contributed by atoms with Gasteiger partial charge in [0.25, 0.3) is 0 Å². The van der Waals surface area contributed by atoms with Crippen molar-refractivity contribution in [2.75, 3.05) is 7.11 Å². The molecule has 0 unspecified atom stereocenters. The Morgan fingerprint density at radius 3 is 2.17 bits per heavy atom. The summed E-state index contributed by atoms with van der Waals surface area (Å²) in [6.07, 6.45) is 11.1. The second-order valence-electron chi connectivity index (χ2n) is 11.0. The third kappa shape index (κ3) is 6.75. The van der Waals surface area contributed by atoms with Crippen LogP contribution in [-0.4, -0.2) is 12.1 Å². The fourth-order valence-corrected chi connectivity index (χ4v) is 5.75. The second-order valence-corrected chi connectivity index (χ2v) is 11.0. The van der Waals surface area contributed by atoms with Gasteiger partial charge in [0.1, 0.15) is 5.75 Å². The highest BCUT2D eigenvalue weighted by Crippen LogP contribution is 2.42. The van der Waals surface area contributed by atoms with Crippen molar-refractivity contribution in [3.63, 3.8) is 0 Å². The fourth-order valence-electron chi connectivity index (χ4n) is 5.75. The molecule has 0 fully saturated rings. The number of rotatable bonds is 11. The average molecular weight is 552 g/mol. The molecule has 2 nitrogen and oxygen atoms in total. The van der Waals surface area contributed by atoms with Crippen LogP contribution in [0.2, 0.25) is 0 Å². The molecule has 0 radical (unpaired) electrons. The lowest BCUT2D eigenvalue weighted by molar-refractivity contribution is 0.415. The summed E-state index contributed by atoms with van der Waals surface area (Å²) in [6.45, 7) is 4.53. The highest BCUT2D eigenvalue weighted by atomic mass is 16.5. The third-order valence-corrected chi connectivity index (χ3v) is 7.97. The van der Waals surface area contributed by atoms with Crippen LogP contribution in [-0.2, 0) is 12.8 Å². The lowest BCUT2D eigenvalue weighted by Crippen LogP contribution is -2.03. The van der Waals surface area contributed by atoms with Crippen molar-refractivity contribution in [1.29, 1.82) is 0 Å². The minimum atomic E-state index is 0.848. The average Bonchev–Trinajstić information content (AvgIpc) is 3.05. The number of aryl methyl sites for hydroxylation is 2. The molecular formula is C40H41NO. The maximum atomic E-state index is 5.61. The summed E-state index contributed by atoms with van der Waals surface area (Å²) in [5.74, 6) is 7.90. The van der Waals surface area contributed by atoms with Crippen molar-refractivity contribution in [3.05, 3.63) is 119 Å². The Morgan fingerprint density at radius 1 is 0.690 bits per heavy atom. The molecule has 2 heteroatoms. The highest BCUT2D eigenvalue weighted by molar-refractivity contribution is 6.05. The number of aromatic nitrogens is 1. The molecule has 0 bridgehead atoms. The van der Waals surface area contributed by atoms with Gasteiger partial charge in [-0.15, -0.1) is 0 Å². The van der Waals surface area contributed by atoms with Crippen molar-refractivity contribution in [2.24, 2.45) is 0 Å². The number of pyridine rings is 1. The molecular weight excluding hydrogens is 510 g/mol. The van der Waals surface area contributed by atoms with Crippen molar-refractivity contribution in [1.82, 2.24) is 4.98 Å². The normalized spacial score (nSPS) is 10.8. The number of hydrogen-bond acceptors (Lipinski definition) is 2. The zero-order valence-corrected chi connectivity index (χ0v) is 25.2. The van der Waals surface area contributed by atoms with Crippen LogP contribution in [0.25, 0.3) is 33.2 Å². The van der Waals surface area contributed by atoms with E-state index in [0.717, 1.165) is 65.6 Å². The van der Waals surface area contributed by atoms with E-state index in [1.165, 1.54) is 46.9 Å². The van der Waals surface area contributed by atoms with Crippen LogP contribution in [0.15, 0.2) is 97.2 Å². The van der Waals surface area contributed by atoms with Gasteiger partial charge in [0.2, 0.25) is 0 Å². The smallest absolute Gasteiger partial charge is 0.119 e. The van der Waals surface area contributed by atoms with Gasteiger partial charge in [-0.1, -0.05) is 112 Å². The lowest BCUT2D eigenvalue weighted by atomic mass is 9.85. The van der Waals surface area contributed by atoms with E-state index in [9.17, 15) is 0 Å². The topological polar surface area (TPSA) is 22.1 Å². The number of nitrogens with zero attached hydrogens (tertiary/aromatic N) is 1. The Balaban J connectivity index is 1.82. The molecule has 212 valence electrons. The molecule has 0 amide bonds. The summed E-state index contributed by atoms with van der Waals surface area (Å²) in [6, 6.07) is 31.8. The first-order valence-corrected chi connectivity index (χ1v) is 15.5. The van der Waals surface area contributed by atoms with E-state index >= 15 is 0 Å². The molecule has 0 spiro atoms. The molecule has 5 aromatic rings. The zero-order chi connectivity index (χ0) is 29.1. The van der Waals surface area contributed by atoms with Crippen LogP contribution < -0.4 is 4.74 Å². The third-order valence-electron chi connectivity index (χ3n) is 7.97. The summed E-state index contributed by atoms with van der Waals surface area (Å²) in [5.41, 5.74) is 10.6. The Kier molecular flexibility index (Phi) is 10.1. The Bertz CT molecular complexity index is 1680. The number of fused-ring (bicyclic) bond motifs is 1. The molecule has 0 saturated heterocycles. The van der Waals surface area contributed by atoms with E-state index < -0.39 is 0 Å². The van der Waals surface area contributed by atoms with Gasteiger partial charge in [-0.3, -0.25) is 4.98 Å². The van der Waals surface area contributed by atoms with Gasteiger partial charge in [0, 0.05) is 33.8 Å². The minimum Gasteiger partial charge on any atom is -0.497 e. The van der Waals surface area contributed by atoms with Gasteiger partial charge in [0.05, 0.1) is 12.6 Å². The summed E-state index contributed by atoms with van der Waals surface area (Å²) >= 11 is 0. The molecule has 0 aliphatic carbocycles. The van der Waals surface area contributed by atoms with Crippen LogP contribution in [0, 0.1) is 11.8 Å². The predicted molar refractivity (Wildman–Crippen MR) is 178 cm³/mol. The molecule has 0 saturated carbocycles. The number of hydrogen-bond donors (Lipinski definition) is 0. The standard InChI is InChI=1S/C40H41NO/c1-4-6-8-15-24-36-33(26-25-30-17-11-9-12-18-30)27-34(19-7-5-2)39-38(31-20-13-10-14-21-31)37(29-41-40(36)39)32-22-16-23-35(28-32)42-3/h9-14,16-18,20-23,27-29H,4-8,15,19,24H2,1-3H3. The number of benzene rings is 4. The van der Waals surface area contributed by atoms with Gasteiger partial charge in [0.15, 0.2) is 0 Å². The van der Waals surface area contributed by atoms with Gasteiger partial charge >= 0.3 is 0 Å². The molecule has 1 aromatic heterocycles. The highest BCUT2D eigenvalue weighted by Gasteiger charge is 2.20. The maximum absolute atomic E-state index is 5.61. The lowest BCUT2D eigenvalue weighted by Gasteiger charge is -2.20. The van der Waals surface area contributed by atoms with Crippen LogP contribution in [0.3, 0.4) is 0 Å². The van der Waals surface area contributed by atoms with Gasteiger partial charge in [-0.25, -0.2) is 0 Å². The Morgan fingerprint density at radius 2 is 1.43 bits per heavy atom. The first-order valence-electron chi connectivity index (χ1n) is 15.5. The van der Waals surface area contributed by atoms with Crippen molar-refractivity contribution in [3.8, 4) is 39.8 Å². The van der Waals surface area contributed by atoms with Crippen LogP contribution >= 0.6 is 0 Å². The van der Waals surface area contributed by atoms with Crippen molar-refractivity contribution in [2.45, 2.75) is 65.2 Å². The first-order chi connectivity index (χ1) is 20.7. The molecule has 0 N–H and O–H groups in total. The zero-order valence-electron chi connectivity index (χ0n) is 25.2. The minimum absolute atomic E-state index is 0.848. The summed E-state index contributed by atoms with van der Waals surface area (Å²) in [7, 11) is 1.72. The van der Waals surface area contributed by atoms with Gasteiger partial charge in [-0.05, 0) is 78.3 Å². The number of methoxy groups -OCH3 is 1. The molecule has 1 heterocycles.